The molecule has 0 aliphatic carbocycles. The molecule has 10 heteroatoms. The number of methoxy groups -OCH3 is 1. The molecule has 3 aromatic rings. The van der Waals surface area contributed by atoms with Crippen LogP contribution in [0.5, 0.6) is 5.88 Å². The molecule has 0 radical (unpaired) electrons. The number of sulfonamides is 1. The molecule has 2 aromatic heterocycles. The Morgan fingerprint density at radius 2 is 1.80 bits per heavy atom. The summed E-state index contributed by atoms with van der Waals surface area (Å²) in [7, 11) is -2.73. The summed E-state index contributed by atoms with van der Waals surface area (Å²) in [6.07, 6.45) is 1.30. The Morgan fingerprint density at radius 1 is 1.13 bits per heavy atom. The monoisotopic (exact) mass is 430 g/mol. The molecule has 0 fully saturated rings. The number of hydrogen-bond acceptors (Lipinski definition) is 7. The summed E-state index contributed by atoms with van der Waals surface area (Å²) in [6, 6.07) is 6.73. The van der Waals surface area contributed by atoms with E-state index in [1.165, 1.54) is 19.4 Å². The summed E-state index contributed by atoms with van der Waals surface area (Å²) in [5, 5.41) is 2.59. The standard InChI is InChI=1S/C20H22N4O5S/c1-11-7-6-8-12(2)17(11)24-30(26,27)16-9-15(10-21-20(16)28-5)23-19(25)18-13(3)29-14(4)22-18/h6-10,24H,1-5H3,(H,23,25). The third-order valence-corrected chi connectivity index (χ3v) is 5.74. The van der Waals surface area contributed by atoms with Gasteiger partial charge in [0.2, 0.25) is 5.88 Å². The molecule has 0 aliphatic rings. The second-order valence-corrected chi connectivity index (χ2v) is 8.35. The van der Waals surface area contributed by atoms with Crippen LogP contribution in [0.4, 0.5) is 11.4 Å². The van der Waals surface area contributed by atoms with Crippen LogP contribution in [0, 0.1) is 27.7 Å². The van der Waals surface area contributed by atoms with Gasteiger partial charge in [-0.15, -0.1) is 0 Å². The molecule has 9 nitrogen and oxygen atoms in total. The quantitative estimate of drug-likeness (QED) is 0.614. The first-order valence-electron chi connectivity index (χ1n) is 9.01. The van der Waals surface area contributed by atoms with E-state index >= 15 is 0 Å². The van der Waals surface area contributed by atoms with E-state index in [2.05, 4.69) is 20.0 Å². The van der Waals surface area contributed by atoms with Crippen molar-refractivity contribution in [1.82, 2.24) is 9.97 Å². The zero-order valence-electron chi connectivity index (χ0n) is 17.2. The molecule has 2 heterocycles. The fourth-order valence-electron chi connectivity index (χ4n) is 2.94. The number of carbonyl (C=O) groups excluding carboxylic acids is 1. The van der Waals surface area contributed by atoms with E-state index in [0.29, 0.717) is 17.3 Å². The van der Waals surface area contributed by atoms with Gasteiger partial charge in [0.05, 0.1) is 24.7 Å². The van der Waals surface area contributed by atoms with Gasteiger partial charge in [-0.3, -0.25) is 9.52 Å². The maximum atomic E-state index is 13.1. The van der Waals surface area contributed by atoms with E-state index in [-0.39, 0.29) is 22.2 Å². The van der Waals surface area contributed by atoms with E-state index in [4.69, 9.17) is 9.15 Å². The van der Waals surface area contributed by atoms with Crippen LogP contribution in [0.15, 0.2) is 39.8 Å². The van der Waals surface area contributed by atoms with Crippen LogP contribution in [0.3, 0.4) is 0 Å². The Kier molecular flexibility index (Phi) is 5.79. The molecule has 0 spiro atoms. The zero-order chi connectivity index (χ0) is 22.1. The number of aromatic nitrogens is 2. The van der Waals surface area contributed by atoms with Crippen molar-refractivity contribution in [1.29, 1.82) is 0 Å². The number of rotatable bonds is 6. The lowest BCUT2D eigenvalue weighted by atomic mass is 10.1. The Bertz CT molecular complexity index is 1200. The molecule has 30 heavy (non-hydrogen) atoms. The number of anilines is 2. The second-order valence-electron chi connectivity index (χ2n) is 6.70. The minimum atomic E-state index is -4.05. The second kappa shape index (κ2) is 8.15. The molecular weight excluding hydrogens is 408 g/mol. The van der Waals surface area contributed by atoms with Crippen molar-refractivity contribution in [3.05, 3.63) is 58.9 Å². The fourth-order valence-corrected chi connectivity index (χ4v) is 4.29. The molecule has 158 valence electrons. The van der Waals surface area contributed by atoms with Crippen LogP contribution in [0.2, 0.25) is 0 Å². The van der Waals surface area contributed by atoms with Gasteiger partial charge in [-0.2, -0.15) is 0 Å². The molecule has 3 rings (SSSR count). The fraction of sp³-hybridized carbons (Fsp3) is 0.250. The number of oxazole rings is 1. The van der Waals surface area contributed by atoms with E-state index in [9.17, 15) is 13.2 Å². The lowest BCUT2D eigenvalue weighted by Crippen LogP contribution is -2.18. The van der Waals surface area contributed by atoms with Crippen molar-refractivity contribution < 1.29 is 22.4 Å². The highest BCUT2D eigenvalue weighted by Crippen LogP contribution is 2.29. The van der Waals surface area contributed by atoms with Crippen molar-refractivity contribution in [2.24, 2.45) is 0 Å². The van der Waals surface area contributed by atoms with Crippen LogP contribution in [-0.2, 0) is 10.0 Å². The van der Waals surface area contributed by atoms with Gasteiger partial charge in [0.15, 0.2) is 16.5 Å². The summed E-state index contributed by atoms with van der Waals surface area (Å²) < 4.78 is 39.1. The number of nitrogens with one attached hydrogen (secondary N) is 2. The van der Waals surface area contributed by atoms with Crippen molar-refractivity contribution in [2.45, 2.75) is 32.6 Å². The molecule has 2 N–H and O–H groups in total. The van der Waals surface area contributed by atoms with Crippen LogP contribution in [0.1, 0.15) is 33.3 Å². The van der Waals surface area contributed by atoms with Gasteiger partial charge in [-0.25, -0.2) is 18.4 Å². The summed E-state index contributed by atoms with van der Waals surface area (Å²) in [6.45, 7) is 6.85. The summed E-state index contributed by atoms with van der Waals surface area (Å²) >= 11 is 0. The minimum absolute atomic E-state index is 0.0970. The molecule has 0 unspecified atom stereocenters. The number of nitrogens with zero attached hydrogens (tertiary/aromatic N) is 2. The van der Waals surface area contributed by atoms with Gasteiger partial charge in [0.25, 0.3) is 15.9 Å². The number of amides is 1. The predicted octanol–water partition coefficient (Wildman–Crippen LogP) is 3.36. The molecule has 1 amide bonds. The van der Waals surface area contributed by atoms with Gasteiger partial charge >= 0.3 is 0 Å². The van der Waals surface area contributed by atoms with Gasteiger partial charge in [-0.1, -0.05) is 18.2 Å². The first-order chi connectivity index (χ1) is 14.1. The largest absolute Gasteiger partial charge is 0.480 e. The van der Waals surface area contributed by atoms with E-state index in [1.807, 2.05) is 6.07 Å². The predicted molar refractivity (Wildman–Crippen MR) is 111 cm³/mol. The van der Waals surface area contributed by atoms with Crippen molar-refractivity contribution >= 4 is 27.3 Å². The number of carbonyl (C=O) groups is 1. The topological polar surface area (TPSA) is 123 Å². The van der Waals surface area contributed by atoms with Crippen molar-refractivity contribution in [3.63, 3.8) is 0 Å². The Balaban J connectivity index is 1.96. The lowest BCUT2D eigenvalue weighted by molar-refractivity contribution is 0.102. The average molecular weight is 430 g/mol. The molecule has 0 atom stereocenters. The van der Waals surface area contributed by atoms with E-state index in [1.54, 1.807) is 39.8 Å². The number of para-hydroxylation sites is 1. The molecule has 0 saturated heterocycles. The number of ether oxygens (including phenoxy) is 1. The SMILES string of the molecule is COc1ncc(NC(=O)c2nc(C)oc2C)cc1S(=O)(=O)Nc1c(C)cccc1C. The highest BCUT2D eigenvalue weighted by molar-refractivity contribution is 7.92. The van der Waals surface area contributed by atoms with Crippen molar-refractivity contribution in [3.8, 4) is 5.88 Å². The minimum Gasteiger partial charge on any atom is -0.480 e. The van der Waals surface area contributed by atoms with Crippen LogP contribution < -0.4 is 14.8 Å². The Labute approximate surface area is 174 Å². The van der Waals surface area contributed by atoms with E-state index in [0.717, 1.165) is 11.1 Å². The molecule has 0 aliphatic heterocycles. The normalized spacial score (nSPS) is 11.2. The van der Waals surface area contributed by atoms with Crippen LogP contribution >= 0.6 is 0 Å². The third kappa shape index (κ3) is 4.28. The summed E-state index contributed by atoms with van der Waals surface area (Å²) in [5.74, 6) is 0.0742. The summed E-state index contributed by atoms with van der Waals surface area (Å²) in [5.41, 5.74) is 2.30. The van der Waals surface area contributed by atoms with Crippen molar-refractivity contribution in [2.75, 3.05) is 17.1 Å². The number of benzene rings is 1. The third-order valence-electron chi connectivity index (χ3n) is 4.40. The lowest BCUT2D eigenvalue weighted by Gasteiger charge is -2.15. The van der Waals surface area contributed by atoms with Crippen LogP contribution in [0.25, 0.3) is 0 Å². The van der Waals surface area contributed by atoms with Gasteiger partial charge in [0, 0.05) is 6.92 Å². The molecular formula is C20H22N4O5S. The summed E-state index contributed by atoms with van der Waals surface area (Å²) in [4.78, 5) is 20.3. The van der Waals surface area contributed by atoms with Gasteiger partial charge in [0.1, 0.15) is 5.76 Å². The number of pyridine rings is 1. The first-order valence-corrected chi connectivity index (χ1v) is 10.5. The Morgan fingerprint density at radius 3 is 2.37 bits per heavy atom. The smallest absolute Gasteiger partial charge is 0.277 e. The number of hydrogen-bond donors (Lipinski definition) is 2. The van der Waals surface area contributed by atoms with Gasteiger partial charge in [-0.05, 0) is 38.0 Å². The molecule has 0 saturated carbocycles. The first kappa shape index (κ1) is 21.3. The zero-order valence-corrected chi connectivity index (χ0v) is 18.0. The Hall–Kier alpha value is -3.40. The molecule has 1 aromatic carbocycles. The molecule has 0 bridgehead atoms. The maximum Gasteiger partial charge on any atom is 0.277 e. The number of aryl methyl sites for hydroxylation is 4. The van der Waals surface area contributed by atoms with Crippen LogP contribution in [-0.4, -0.2) is 31.4 Å². The highest BCUT2D eigenvalue weighted by atomic mass is 32.2. The average Bonchev–Trinajstić information content (AvgIpc) is 3.03. The van der Waals surface area contributed by atoms with E-state index < -0.39 is 15.9 Å². The maximum absolute atomic E-state index is 13.1. The highest BCUT2D eigenvalue weighted by Gasteiger charge is 2.24. The van der Waals surface area contributed by atoms with Gasteiger partial charge < -0.3 is 14.5 Å².